The van der Waals surface area contributed by atoms with Gasteiger partial charge in [0, 0.05) is 10.6 Å². The predicted molar refractivity (Wildman–Crippen MR) is 110 cm³/mol. The van der Waals surface area contributed by atoms with Gasteiger partial charge in [-0.3, -0.25) is 14.2 Å². The molecule has 2 aromatic heterocycles. The molecule has 3 aromatic rings. The van der Waals surface area contributed by atoms with Crippen molar-refractivity contribution in [3.63, 3.8) is 0 Å². The minimum Gasteiger partial charge on any atom is -0.325 e. The molecule has 0 radical (unpaired) electrons. The van der Waals surface area contributed by atoms with Crippen molar-refractivity contribution in [1.82, 2.24) is 14.3 Å². The van der Waals surface area contributed by atoms with Crippen LogP contribution in [0.1, 0.15) is 10.4 Å². The first-order chi connectivity index (χ1) is 14.4. The summed E-state index contributed by atoms with van der Waals surface area (Å²) in [7, 11) is -4.35. The minimum atomic E-state index is -4.68. The molecule has 2 heterocycles. The number of hydrogen-bond acceptors (Lipinski definition) is 6. The van der Waals surface area contributed by atoms with Gasteiger partial charge in [0.05, 0.1) is 16.6 Å². The molecule has 0 fully saturated rings. The molecule has 3 rings (SSSR count). The van der Waals surface area contributed by atoms with Crippen molar-refractivity contribution < 1.29 is 26.4 Å². The van der Waals surface area contributed by atoms with Gasteiger partial charge in [-0.1, -0.05) is 0 Å². The molecular formula is C18H17F3N4O4S2. The van der Waals surface area contributed by atoms with Gasteiger partial charge in [0.2, 0.25) is 15.9 Å². The van der Waals surface area contributed by atoms with E-state index in [4.69, 9.17) is 0 Å². The number of aromatic nitrogens is 2. The van der Waals surface area contributed by atoms with Gasteiger partial charge in [-0.2, -0.15) is 13.2 Å². The Morgan fingerprint density at radius 1 is 1.19 bits per heavy atom. The van der Waals surface area contributed by atoms with Crippen LogP contribution in [0.2, 0.25) is 0 Å². The molecule has 2 N–H and O–H groups in total. The summed E-state index contributed by atoms with van der Waals surface area (Å²) in [5.41, 5.74) is 0.673. The first-order valence-corrected chi connectivity index (χ1v) is 11.1. The molecule has 0 aliphatic carbocycles. The number of hydrogen-bond donors (Lipinski definition) is 2. The highest BCUT2D eigenvalue weighted by Gasteiger charge is 2.30. The van der Waals surface area contributed by atoms with Crippen molar-refractivity contribution in [2.45, 2.75) is 31.5 Å². The average Bonchev–Trinajstić information content (AvgIpc) is 2.97. The summed E-state index contributed by atoms with van der Waals surface area (Å²) in [5, 5.41) is 2.96. The topological polar surface area (TPSA) is 110 Å². The molecular weight excluding hydrogens is 457 g/mol. The van der Waals surface area contributed by atoms with E-state index in [0.29, 0.717) is 10.2 Å². The number of anilines is 1. The second-order valence-corrected chi connectivity index (χ2v) is 9.62. The van der Waals surface area contributed by atoms with Crippen LogP contribution in [0.3, 0.4) is 0 Å². The van der Waals surface area contributed by atoms with Gasteiger partial charge in [-0.05, 0) is 43.7 Å². The van der Waals surface area contributed by atoms with E-state index in [1.807, 2.05) is 6.92 Å². The maximum atomic E-state index is 12.6. The number of carbonyl (C=O) groups is 1. The Morgan fingerprint density at radius 2 is 1.84 bits per heavy atom. The zero-order valence-electron chi connectivity index (χ0n) is 16.3. The lowest BCUT2D eigenvalue weighted by atomic mass is 10.2. The van der Waals surface area contributed by atoms with E-state index in [0.717, 1.165) is 27.1 Å². The van der Waals surface area contributed by atoms with E-state index in [9.17, 15) is 31.2 Å². The Labute approximate surface area is 178 Å². The molecule has 1 amide bonds. The van der Waals surface area contributed by atoms with Gasteiger partial charge in [-0.25, -0.2) is 18.1 Å². The predicted octanol–water partition coefficient (Wildman–Crippen LogP) is 2.55. The van der Waals surface area contributed by atoms with Gasteiger partial charge in [-0.15, -0.1) is 11.3 Å². The maximum absolute atomic E-state index is 12.6. The second kappa shape index (κ2) is 8.40. The number of nitrogens with one attached hydrogen (secondary N) is 2. The lowest BCUT2D eigenvalue weighted by molar-refractivity contribution is -0.121. The van der Waals surface area contributed by atoms with E-state index in [-0.39, 0.29) is 22.7 Å². The number of fused-ring (bicyclic) bond motifs is 1. The molecule has 0 spiro atoms. The van der Waals surface area contributed by atoms with Crippen molar-refractivity contribution in [2.75, 3.05) is 11.9 Å². The van der Waals surface area contributed by atoms with E-state index >= 15 is 0 Å². The molecule has 0 atom stereocenters. The summed E-state index contributed by atoms with van der Waals surface area (Å²) in [4.78, 5) is 30.3. The monoisotopic (exact) mass is 474 g/mol. The van der Waals surface area contributed by atoms with E-state index in [1.54, 1.807) is 6.92 Å². The number of halogens is 3. The number of nitrogens with zero attached hydrogens (tertiary/aromatic N) is 2. The fraction of sp³-hybridized carbons (Fsp3) is 0.278. The number of benzene rings is 1. The van der Waals surface area contributed by atoms with Crippen molar-refractivity contribution in [2.24, 2.45) is 0 Å². The van der Waals surface area contributed by atoms with Crippen LogP contribution in [0.15, 0.2) is 40.3 Å². The average molecular weight is 474 g/mol. The van der Waals surface area contributed by atoms with Gasteiger partial charge in [0.15, 0.2) is 0 Å². The van der Waals surface area contributed by atoms with Gasteiger partial charge in [0.1, 0.15) is 17.9 Å². The standard InChI is InChI=1S/C18H17F3N4O4S2/c1-10-11(2)30-16-15(10)17(27)25(9-22-16)7-14(26)24-12-3-5-13(6-4-12)31(28,29)23-8-18(19,20)21/h3-6,9,23H,7-8H2,1-2H3,(H,24,26). The number of amides is 1. The molecule has 31 heavy (non-hydrogen) atoms. The molecule has 0 unspecified atom stereocenters. The highest BCUT2D eigenvalue weighted by molar-refractivity contribution is 7.89. The number of sulfonamides is 1. The Kier molecular flexibility index (Phi) is 6.21. The summed E-state index contributed by atoms with van der Waals surface area (Å²) < 4.78 is 63.1. The van der Waals surface area contributed by atoms with Crippen molar-refractivity contribution in [3.05, 3.63) is 51.4 Å². The number of rotatable bonds is 6. The third kappa shape index (κ3) is 5.29. The van der Waals surface area contributed by atoms with Crippen molar-refractivity contribution >= 4 is 43.2 Å². The van der Waals surface area contributed by atoms with E-state index in [1.165, 1.54) is 34.5 Å². The van der Waals surface area contributed by atoms with Crippen LogP contribution in [0.5, 0.6) is 0 Å². The molecule has 0 saturated carbocycles. The van der Waals surface area contributed by atoms with Gasteiger partial charge in [0.25, 0.3) is 5.56 Å². The molecule has 0 aliphatic rings. The fourth-order valence-electron chi connectivity index (χ4n) is 2.72. The van der Waals surface area contributed by atoms with Crippen LogP contribution in [-0.2, 0) is 21.4 Å². The minimum absolute atomic E-state index is 0.212. The van der Waals surface area contributed by atoms with E-state index in [2.05, 4.69) is 10.3 Å². The lowest BCUT2D eigenvalue weighted by Gasteiger charge is -2.10. The SMILES string of the molecule is Cc1sc2ncn(CC(=O)Nc3ccc(S(=O)(=O)NCC(F)(F)F)cc3)c(=O)c2c1C. The Morgan fingerprint density at radius 3 is 2.45 bits per heavy atom. The third-order valence-corrected chi connectivity index (χ3v) is 6.91. The van der Waals surface area contributed by atoms with Crippen LogP contribution in [0, 0.1) is 13.8 Å². The first kappa shape index (κ1) is 22.9. The maximum Gasteiger partial charge on any atom is 0.402 e. The summed E-state index contributed by atoms with van der Waals surface area (Å²) in [6.07, 6.45) is -3.40. The van der Waals surface area contributed by atoms with Crippen molar-refractivity contribution in [3.8, 4) is 0 Å². The summed E-state index contributed by atoms with van der Waals surface area (Å²) in [6, 6.07) is 4.59. The molecule has 8 nitrogen and oxygen atoms in total. The number of thiophene rings is 1. The number of carbonyl (C=O) groups excluding carboxylic acids is 1. The van der Waals surface area contributed by atoms with E-state index < -0.39 is 28.7 Å². The molecule has 13 heteroatoms. The Balaban J connectivity index is 1.70. The number of alkyl halides is 3. The molecule has 0 saturated heterocycles. The highest BCUT2D eigenvalue weighted by atomic mass is 32.2. The van der Waals surface area contributed by atoms with Crippen LogP contribution < -0.4 is 15.6 Å². The highest BCUT2D eigenvalue weighted by Crippen LogP contribution is 2.25. The zero-order chi connectivity index (χ0) is 23.0. The molecule has 1 aromatic carbocycles. The van der Waals surface area contributed by atoms with Crippen molar-refractivity contribution in [1.29, 1.82) is 0 Å². The molecule has 0 bridgehead atoms. The quantitative estimate of drug-likeness (QED) is 0.571. The third-order valence-electron chi connectivity index (χ3n) is 4.38. The smallest absolute Gasteiger partial charge is 0.325 e. The van der Waals surface area contributed by atoms with Crippen LogP contribution in [-0.4, -0.2) is 36.6 Å². The second-order valence-electron chi connectivity index (χ2n) is 6.65. The fourth-order valence-corrected chi connectivity index (χ4v) is 4.72. The van der Waals surface area contributed by atoms with Gasteiger partial charge < -0.3 is 5.32 Å². The molecule has 0 aliphatic heterocycles. The van der Waals surface area contributed by atoms with Crippen LogP contribution in [0.25, 0.3) is 10.2 Å². The number of aryl methyl sites for hydroxylation is 2. The van der Waals surface area contributed by atoms with Crippen LogP contribution >= 0.6 is 11.3 Å². The zero-order valence-corrected chi connectivity index (χ0v) is 17.9. The van der Waals surface area contributed by atoms with Gasteiger partial charge >= 0.3 is 6.18 Å². The summed E-state index contributed by atoms with van der Waals surface area (Å²) in [6.45, 7) is 1.68. The first-order valence-electron chi connectivity index (χ1n) is 8.79. The Hall–Kier alpha value is -2.77. The largest absolute Gasteiger partial charge is 0.402 e. The normalized spacial score (nSPS) is 12.3. The summed E-state index contributed by atoms with van der Waals surface area (Å²) in [5.74, 6) is -0.557. The van der Waals surface area contributed by atoms with Crippen LogP contribution in [0.4, 0.5) is 18.9 Å². The molecule has 166 valence electrons. The Bertz CT molecular complexity index is 1300. The lowest BCUT2D eigenvalue weighted by Crippen LogP contribution is -2.33. The summed E-state index contributed by atoms with van der Waals surface area (Å²) >= 11 is 1.39.